The smallest absolute Gasteiger partial charge is 0.223 e. The number of carbonyl (C=O) groups is 1. The van der Waals surface area contributed by atoms with Crippen molar-refractivity contribution in [2.24, 2.45) is 0 Å². The van der Waals surface area contributed by atoms with Gasteiger partial charge < -0.3 is 30.3 Å². The van der Waals surface area contributed by atoms with E-state index < -0.39 is 0 Å². The molecule has 7 heteroatoms. The van der Waals surface area contributed by atoms with Gasteiger partial charge in [0.2, 0.25) is 5.91 Å². The van der Waals surface area contributed by atoms with Gasteiger partial charge in [-0.15, -0.1) is 0 Å². The van der Waals surface area contributed by atoms with Gasteiger partial charge in [0, 0.05) is 19.5 Å². The van der Waals surface area contributed by atoms with Crippen LogP contribution in [0, 0.1) is 0 Å². The highest BCUT2D eigenvalue weighted by Gasteiger charge is 2.14. The summed E-state index contributed by atoms with van der Waals surface area (Å²) in [4.78, 5) is 13.5. The van der Waals surface area contributed by atoms with E-state index in [0.29, 0.717) is 23.6 Å². The van der Waals surface area contributed by atoms with E-state index in [1.54, 1.807) is 12.1 Å². The van der Waals surface area contributed by atoms with E-state index >= 15 is 0 Å². The van der Waals surface area contributed by atoms with Gasteiger partial charge in [0.05, 0.1) is 33.1 Å². The molecule has 1 aromatic rings. The Labute approximate surface area is 130 Å². The summed E-state index contributed by atoms with van der Waals surface area (Å²) in [6.07, 6.45) is 0.742. The maximum atomic E-state index is 12.1. The van der Waals surface area contributed by atoms with Gasteiger partial charge in [-0.3, -0.25) is 4.79 Å². The van der Waals surface area contributed by atoms with Crippen LogP contribution in [-0.4, -0.2) is 61.5 Å². The predicted octanol–water partition coefficient (Wildman–Crippen LogP) is 0.0318. The van der Waals surface area contributed by atoms with E-state index in [-0.39, 0.29) is 38.6 Å². The lowest BCUT2D eigenvalue weighted by Gasteiger charge is -2.20. The third-order valence-corrected chi connectivity index (χ3v) is 3.29. The van der Waals surface area contributed by atoms with Gasteiger partial charge in [0.15, 0.2) is 11.5 Å². The molecule has 1 aromatic carbocycles. The summed E-state index contributed by atoms with van der Waals surface area (Å²) in [6, 6.07) is 3.53. The Morgan fingerprint density at radius 3 is 2.32 bits per heavy atom. The van der Waals surface area contributed by atoms with E-state index in [0.717, 1.165) is 5.56 Å². The molecule has 7 nitrogen and oxygen atoms in total. The van der Waals surface area contributed by atoms with Gasteiger partial charge in [0.25, 0.3) is 0 Å². The van der Waals surface area contributed by atoms with E-state index in [1.807, 2.05) is 0 Å². The van der Waals surface area contributed by atoms with Crippen molar-refractivity contribution in [3.8, 4) is 11.5 Å². The number of aliphatic hydroxyl groups is 2. The zero-order valence-corrected chi connectivity index (χ0v) is 13.0. The first-order chi connectivity index (χ1) is 10.6. The van der Waals surface area contributed by atoms with Crippen LogP contribution in [0.3, 0.4) is 0 Å². The maximum absolute atomic E-state index is 12.1. The van der Waals surface area contributed by atoms with Crippen LogP contribution in [0.15, 0.2) is 12.1 Å². The van der Waals surface area contributed by atoms with Gasteiger partial charge >= 0.3 is 0 Å². The lowest BCUT2D eigenvalue weighted by Crippen LogP contribution is -2.35. The molecule has 0 aliphatic rings. The molecule has 0 aliphatic carbocycles. The molecule has 4 N–H and O–H groups in total. The van der Waals surface area contributed by atoms with Crippen LogP contribution in [-0.2, 0) is 11.2 Å². The Hall–Kier alpha value is -1.99. The SMILES string of the molecule is COc1cc(CCC(=O)N(CCO)CCO)cc(N)c1OC. The van der Waals surface area contributed by atoms with Gasteiger partial charge in [-0.05, 0) is 24.1 Å². The molecular weight excluding hydrogens is 288 g/mol. The fourth-order valence-electron chi connectivity index (χ4n) is 2.21. The van der Waals surface area contributed by atoms with E-state index in [4.69, 9.17) is 25.4 Å². The molecule has 0 bridgehead atoms. The molecule has 22 heavy (non-hydrogen) atoms. The second kappa shape index (κ2) is 9.11. The fraction of sp³-hybridized carbons (Fsp3) is 0.533. The number of aliphatic hydroxyl groups excluding tert-OH is 2. The minimum absolute atomic E-state index is 0.128. The molecule has 0 fully saturated rings. The van der Waals surface area contributed by atoms with Crippen LogP contribution in [0.4, 0.5) is 5.69 Å². The normalized spacial score (nSPS) is 10.4. The number of aryl methyl sites for hydroxylation is 1. The molecule has 124 valence electrons. The van der Waals surface area contributed by atoms with Crippen molar-refractivity contribution in [1.29, 1.82) is 0 Å². The third kappa shape index (κ3) is 4.78. The lowest BCUT2D eigenvalue weighted by molar-refractivity contribution is -0.132. The average molecular weight is 312 g/mol. The minimum atomic E-state index is -0.130. The molecule has 0 aromatic heterocycles. The minimum Gasteiger partial charge on any atom is -0.493 e. The second-order valence-corrected chi connectivity index (χ2v) is 4.75. The molecule has 0 atom stereocenters. The zero-order chi connectivity index (χ0) is 16.5. The summed E-state index contributed by atoms with van der Waals surface area (Å²) >= 11 is 0. The lowest BCUT2D eigenvalue weighted by atomic mass is 10.1. The van der Waals surface area contributed by atoms with E-state index in [1.165, 1.54) is 19.1 Å². The first-order valence-electron chi connectivity index (χ1n) is 7.07. The van der Waals surface area contributed by atoms with Crippen LogP contribution in [0.2, 0.25) is 0 Å². The van der Waals surface area contributed by atoms with E-state index in [2.05, 4.69) is 0 Å². The third-order valence-electron chi connectivity index (χ3n) is 3.29. The summed E-state index contributed by atoms with van der Waals surface area (Å²) < 4.78 is 10.4. The second-order valence-electron chi connectivity index (χ2n) is 4.75. The van der Waals surface area contributed by atoms with Gasteiger partial charge in [-0.2, -0.15) is 0 Å². The quantitative estimate of drug-likeness (QED) is 0.556. The van der Waals surface area contributed by atoms with Crippen LogP contribution in [0.1, 0.15) is 12.0 Å². The van der Waals surface area contributed by atoms with Crippen LogP contribution < -0.4 is 15.2 Å². The summed E-state index contributed by atoms with van der Waals surface area (Å²) in [7, 11) is 3.04. The summed E-state index contributed by atoms with van der Waals surface area (Å²) in [6.45, 7) is 0.172. The molecule has 0 unspecified atom stereocenters. The van der Waals surface area contributed by atoms with Crippen molar-refractivity contribution in [1.82, 2.24) is 4.90 Å². The Bertz CT molecular complexity index is 487. The van der Waals surface area contributed by atoms with Crippen molar-refractivity contribution in [2.75, 3.05) is 46.3 Å². The highest BCUT2D eigenvalue weighted by atomic mass is 16.5. The summed E-state index contributed by atoms with van der Waals surface area (Å²) in [5, 5.41) is 17.9. The van der Waals surface area contributed by atoms with Crippen molar-refractivity contribution in [3.05, 3.63) is 17.7 Å². The topological polar surface area (TPSA) is 105 Å². The number of anilines is 1. The van der Waals surface area contributed by atoms with E-state index in [9.17, 15) is 4.79 Å². The molecule has 0 saturated carbocycles. The number of hydrogen-bond donors (Lipinski definition) is 3. The number of benzene rings is 1. The van der Waals surface area contributed by atoms with Gasteiger partial charge in [-0.1, -0.05) is 0 Å². The Morgan fingerprint density at radius 1 is 1.18 bits per heavy atom. The molecule has 0 heterocycles. The van der Waals surface area contributed by atoms with Crippen LogP contribution >= 0.6 is 0 Å². The van der Waals surface area contributed by atoms with Crippen molar-refractivity contribution < 1.29 is 24.5 Å². The van der Waals surface area contributed by atoms with Crippen LogP contribution in [0.5, 0.6) is 11.5 Å². The highest BCUT2D eigenvalue weighted by Crippen LogP contribution is 2.34. The van der Waals surface area contributed by atoms with Gasteiger partial charge in [-0.25, -0.2) is 0 Å². The average Bonchev–Trinajstić information content (AvgIpc) is 2.51. The molecule has 1 rings (SSSR count). The number of amides is 1. The number of nitrogen functional groups attached to an aromatic ring is 1. The molecular formula is C15H24N2O5. The molecule has 1 amide bonds. The summed E-state index contributed by atoms with van der Waals surface area (Å²) in [5.74, 6) is 0.865. The molecule has 0 saturated heterocycles. The monoisotopic (exact) mass is 312 g/mol. The predicted molar refractivity (Wildman–Crippen MR) is 83.0 cm³/mol. The number of nitrogens with zero attached hydrogens (tertiary/aromatic N) is 1. The number of carbonyl (C=O) groups excluding carboxylic acids is 1. The first kappa shape index (κ1) is 18.1. The van der Waals surface area contributed by atoms with Crippen molar-refractivity contribution >= 4 is 11.6 Å². The van der Waals surface area contributed by atoms with Crippen LogP contribution in [0.25, 0.3) is 0 Å². The Morgan fingerprint density at radius 2 is 1.82 bits per heavy atom. The largest absolute Gasteiger partial charge is 0.493 e. The van der Waals surface area contributed by atoms with Crippen molar-refractivity contribution in [3.63, 3.8) is 0 Å². The number of rotatable bonds is 9. The Balaban J connectivity index is 2.75. The number of methoxy groups -OCH3 is 2. The van der Waals surface area contributed by atoms with Gasteiger partial charge in [0.1, 0.15) is 0 Å². The number of nitrogens with two attached hydrogens (primary N) is 1. The first-order valence-corrected chi connectivity index (χ1v) is 7.07. The molecule has 0 spiro atoms. The molecule has 0 radical (unpaired) electrons. The molecule has 0 aliphatic heterocycles. The highest BCUT2D eigenvalue weighted by molar-refractivity contribution is 5.76. The number of hydrogen-bond acceptors (Lipinski definition) is 6. The Kier molecular flexibility index (Phi) is 7.48. The standard InChI is InChI=1S/C15H24N2O5/c1-21-13-10-11(9-12(16)15(13)22-2)3-4-14(20)17(5-7-18)6-8-19/h9-10,18-19H,3-8,16H2,1-2H3. The summed E-state index contributed by atoms with van der Waals surface area (Å²) in [5.41, 5.74) is 7.21. The zero-order valence-electron chi connectivity index (χ0n) is 13.0. The fourth-order valence-corrected chi connectivity index (χ4v) is 2.21. The maximum Gasteiger partial charge on any atom is 0.223 e. The van der Waals surface area contributed by atoms with Crippen molar-refractivity contribution in [2.45, 2.75) is 12.8 Å². The number of ether oxygens (including phenoxy) is 2.